The van der Waals surface area contributed by atoms with E-state index in [4.69, 9.17) is 9.72 Å². The van der Waals surface area contributed by atoms with Gasteiger partial charge in [-0.2, -0.15) is 5.26 Å². The number of nitrogens with zero attached hydrogens (tertiary/aromatic N) is 2. The number of thioether (sulfide) groups is 1. The zero-order chi connectivity index (χ0) is 25.3. The third kappa shape index (κ3) is 6.61. The van der Waals surface area contributed by atoms with Crippen LogP contribution in [0.1, 0.15) is 11.1 Å². The summed E-state index contributed by atoms with van der Waals surface area (Å²) in [6, 6.07) is 31.2. The predicted molar refractivity (Wildman–Crippen MR) is 146 cm³/mol. The Morgan fingerprint density at radius 1 is 1.00 bits per heavy atom. The van der Waals surface area contributed by atoms with Crippen LogP contribution >= 0.6 is 11.8 Å². The second-order valence-electron chi connectivity index (χ2n) is 8.14. The zero-order valence-electron chi connectivity index (χ0n) is 19.8. The van der Waals surface area contributed by atoms with Crippen molar-refractivity contribution >= 4 is 22.6 Å². The summed E-state index contributed by atoms with van der Waals surface area (Å²) in [4.78, 5) is 4.79. The average molecular weight is 515 g/mol. The fraction of sp³-hybridized carbons (Fsp3) is 0.172. The Balaban J connectivity index is 1.58. The number of aliphatic hydroxyl groups excluding tert-OH is 1. The molecule has 0 saturated carbocycles. The van der Waals surface area contributed by atoms with Crippen molar-refractivity contribution in [3.8, 4) is 34.2 Å². The van der Waals surface area contributed by atoms with E-state index in [1.807, 2.05) is 91.0 Å². The van der Waals surface area contributed by atoms with Crippen LogP contribution in [-0.4, -0.2) is 39.0 Å². The second-order valence-corrected chi connectivity index (χ2v) is 10.7. The zero-order valence-corrected chi connectivity index (χ0v) is 21.5. The minimum Gasteiger partial charge on any atom is -0.497 e. The van der Waals surface area contributed by atoms with Crippen molar-refractivity contribution in [2.24, 2.45) is 0 Å². The Morgan fingerprint density at radius 3 is 2.31 bits per heavy atom. The maximum atomic E-state index is 12.6. The Labute approximate surface area is 218 Å². The average Bonchev–Trinajstić information content (AvgIpc) is 2.92. The van der Waals surface area contributed by atoms with Crippen LogP contribution < -0.4 is 4.74 Å². The maximum absolute atomic E-state index is 12.6. The summed E-state index contributed by atoms with van der Waals surface area (Å²) in [7, 11) is 0.422. The van der Waals surface area contributed by atoms with Crippen LogP contribution in [0.4, 0.5) is 0 Å². The Bertz CT molecular complexity index is 1360. The van der Waals surface area contributed by atoms with Crippen LogP contribution in [-0.2, 0) is 16.6 Å². The quantitative estimate of drug-likeness (QED) is 0.274. The van der Waals surface area contributed by atoms with Crippen molar-refractivity contribution in [3.05, 3.63) is 102 Å². The number of methoxy groups -OCH3 is 1. The highest BCUT2D eigenvalue weighted by atomic mass is 32.2. The number of hydrogen-bond acceptors (Lipinski definition) is 6. The molecule has 0 unspecified atom stereocenters. The highest BCUT2D eigenvalue weighted by Crippen LogP contribution is 2.34. The van der Waals surface area contributed by atoms with Gasteiger partial charge in [0.05, 0.1) is 30.2 Å². The van der Waals surface area contributed by atoms with E-state index >= 15 is 0 Å². The summed E-state index contributed by atoms with van der Waals surface area (Å²) in [5, 5.41) is 21.2. The molecule has 182 valence electrons. The number of aromatic nitrogens is 1. The van der Waals surface area contributed by atoms with Crippen molar-refractivity contribution in [1.29, 1.82) is 5.26 Å². The normalized spacial score (nSPS) is 12.5. The third-order valence-corrected chi connectivity index (χ3v) is 8.06. The first kappa shape index (κ1) is 25.6. The van der Waals surface area contributed by atoms with E-state index in [0.29, 0.717) is 16.3 Å². The number of aliphatic hydroxyl groups is 1. The van der Waals surface area contributed by atoms with E-state index in [1.54, 1.807) is 7.11 Å². The second kappa shape index (κ2) is 12.5. The SMILES string of the molecule is COc1ccc(-c2cc(-c3ccccc3)c(C#N)c(SC[C@H](O)C[S@@](=O)Cc3ccccc3)n2)cc1. The van der Waals surface area contributed by atoms with Crippen LogP contribution in [0.15, 0.2) is 96.0 Å². The minimum atomic E-state index is -1.20. The molecular formula is C29H26N2O3S2. The van der Waals surface area contributed by atoms with Gasteiger partial charge in [0.25, 0.3) is 0 Å². The van der Waals surface area contributed by atoms with Gasteiger partial charge in [-0.15, -0.1) is 11.8 Å². The summed E-state index contributed by atoms with van der Waals surface area (Å²) < 4.78 is 17.8. The summed E-state index contributed by atoms with van der Waals surface area (Å²) in [5.74, 6) is 1.59. The van der Waals surface area contributed by atoms with E-state index in [2.05, 4.69) is 6.07 Å². The lowest BCUT2D eigenvalue weighted by molar-refractivity contribution is 0.224. The fourth-order valence-corrected chi connectivity index (χ4v) is 6.06. The lowest BCUT2D eigenvalue weighted by Crippen LogP contribution is -2.20. The summed E-state index contributed by atoms with van der Waals surface area (Å²) >= 11 is 1.31. The lowest BCUT2D eigenvalue weighted by Gasteiger charge is -2.14. The fourth-order valence-electron chi connectivity index (χ4n) is 3.75. The molecule has 0 saturated heterocycles. The highest BCUT2D eigenvalue weighted by molar-refractivity contribution is 7.99. The lowest BCUT2D eigenvalue weighted by atomic mass is 9.99. The highest BCUT2D eigenvalue weighted by Gasteiger charge is 2.18. The Kier molecular flexibility index (Phi) is 8.90. The third-order valence-electron chi connectivity index (χ3n) is 5.53. The van der Waals surface area contributed by atoms with Gasteiger partial charge in [0.2, 0.25) is 0 Å². The van der Waals surface area contributed by atoms with Gasteiger partial charge < -0.3 is 9.84 Å². The molecule has 0 amide bonds. The van der Waals surface area contributed by atoms with E-state index < -0.39 is 16.9 Å². The van der Waals surface area contributed by atoms with E-state index in [9.17, 15) is 14.6 Å². The number of benzene rings is 3. The van der Waals surface area contributed by atoms with Crippen LogP contribution in [0, 0.1) is 11.3 Å². The molecule has 36 heavy (non-hydrogen) atoms. The maximum Gasteiger partial charge on any atom is 0.118 e. The van der Waals surface area contributed by atoms with Gasteiger partial charge in [-0.3, -0.25) is 4.21 Å². The molecule has 4 rings (SSSR count). The van der Waals surface area contributed by atoms with E-state index in [-0.39, 0.29) is 11.5 Å². The Morgan fingerprint density at radius 2 is 1.67 bits per heavy atom. The van der Waals surface area contributed by atoms with Crippen LogP contribution in [0.2, 0.25) is 0 Å². The van der Waals surface area contributed by atoms with Crippen molar-refractivity contribution < 1.29 is 14.1 Å². The molecule has 1 heterocycles. The van der Waals surface area contributed by atoms with E-state index in [1.165, 1.54) is 11.8 Å². The number of hydrogen-bond donors (Lipinski definition) is 1. The van der Waals surface area contributed by atoms with E-state index in [0.717, 1.165) is 33.7 Å². The number of nitriles is 1. The van der Waals surface area contributed by atoms with Crippen molar-refractivity contribution in [2.75, 3.05) is 18.6 Å². The molecule has 1 aromatic heterocycles. The molecule has 0 aliphatic rings. The summed E-state index contributed by atoms with van der Waals surface area (Å²) in [5.41, 5.74) is 4.75. The molecule has 1 N–H and O–H groups in total. The molecule has 0 aliphatic carbocycles. The first-order chi connectivity index (χ1) is 17.6. The smallest absolute Gasteiger partial charge is 0.118 e. The topological polar surface area (TPSA) is 83.2 Å². The predicted octanol–water partition coefficient (Wildman–Crippen LogP) is 5.70. The standard InChI is InChI=1S/C29H26N2O3S2/c1-34-25-14-12-23(13-15-25)28-16-26(22-10-6-3-7-11-22)27(17-30)29(31-28)35-18-24(32)20-36(33)19-21-8-4-2-5-9-21/h2-16,24,32H,18-20H2,1H3/t24-,36-/m0/s1. The van der Waals surface area contributed by atoms with Gasteiger partial charge in [0.15, 0.2) is 0 Å². The summed E-state index contributed by atoms with van der Waals surface area (Å²) in [6.45, 7) is 0. The molecule has 0 radical (unpaired) electrons. The summed E-state index contributed by atoms with van der Waals surface area (Å²) in [6.07, 6.45) is -0.794. The van der Waals surface area contributed by atoms with Gasteiger partial charge in [-0.25, -0.2) is 4.98 Å². The first-order valence-electron chi connectivity index (χ1n) is 11.4. The van der Waals surface area contributed by atoms with Gasteiger partial charge in [-0.05, 0) is 41.5 Å². The molecule has 0 spiro atoms. The molecule has 0 bridgehead atoms. The molecule has 5 nitrogen and oxygen atoms in total. The van der Waals surface area contributed by atoms with Crippen LogP contribution in [0.5, 0.6) is 5.75 Å². The molecule has 0 fully saturated rings. The molecule has 4 aromatic rings. The largest absolute Gasteiger partial charge is 0.497 e. The molecule has 2 atom stereocenters. The number of rotatable bonds is 10. The van der Waals surface area contributed by atoms with Crippen molar-refractivity contribution in [2.45, 2.75) is 16.9 Å². The Hall–Kier alpha value is -3.44. The molecule has 7 heteroatoms. The molecular weight excluding hydrogens is 488 g/mol. The molecule has 0 aliphatic heterocycles. The number of ether oxygens (including phenoxy) is 1. The monoisotopic (exact) mass is 514 g/mol. The van der Waals surface area contributed by atoms with Gasteiger partial charge >= 0.3 is 0 Å². The first-order valence-corrected chi connectivity index (χ1v) is 13.9. The van der Waals surface area contributed by atoms with Crippen molar-refractivity contribution in [1.82, 2.24) is 4.98 Å². The van der Waals surface area contributed by atoms with Crippen molar-refractivity contribution in [3.63, 3.8) is 0 Å². The number of pyridine rings is 1. The van der Waals surface area contributed by atoms with Gasteiger partial charge in [0, 0.05) is 33.4 Å². The van der Waals surface area contributed by atoms with Gasteiger partial charge in [0.1, 0.15) is 16.8 Å². The van der Waals surface area contributed by atoms with Gasteiger partial charge in [-0.1, -0.05) is 60.7 Å². The molecule has 3 aromatic carbocycles. The van der Waals surface area contributed by atoms with Crippen LogP contribution in [0.25, 0.3) is 22.4 Å². The van der Waals surface area contributed by atoms with Crippen LogP contribution in [0.3, 0.4) is 0 Å². The minimum absolute atomic E-state index is 0.160.